The maximum absolute atomic E-state index is 12.2. The van der Waals surface area contributed by atoms with Crippen molar-refractivity contribution in [1.82, 2.24) is 0 Å². The molecule has 3 rings (SSSR count). The summed E-state index contributed by atoms with van der Waals surface area (Å²) in [4.78, 5) is 24.4. The van der Waals surface area contributed by atoms with E-state index < -0.39 is 0 Å². The highest BCUT2D eigenvalue weighted by atomic mass is 16.5. The number of nitrogens with one attached hydrogen (secondary N) is 2. The summed E-state index contributed by atoms with van der Waals surface area (Å²) in [6, 6.07) is 24.3. The number of carbonyl (C=O) groups is 2. The zero-order chi connectivity index (χ0) is 21.3. The lowest BCUT2D eigenvalue weighted by Crippen LogP contribution is -2.20. The van der Waals surface area contributed by atoms with Gasteiger partial charge in [0.05, 0.1) is 6.42 Å². The summed E-state index contributed by atoms with van der Waals surface area (Å²) in [5.41, 5.74) is 3.38. The number of rotatable bonds is 8. The Bertz CT molecular complexity index is 983. The van der Waals surface area contributed by atoms with Crippen molar-refractivity contribution >= 4 is 23.2 Å². The lowest BCUT2D eigenvalue weighted by molar-refractivity contribution is -0.118. The Kier molecular flexibility index (Phi) is 7.22. The summed E-state index contributed by atoms with van der Waals surface area (Å²) in [5, 5.41) is 5.64. The summed E-state index contributed by atoms with van der Waals surface area (Å²) < 4.78 is 5.55. The van der Waals surface area contributed by atoms with Gasteiger partial charge in [-0.05, 0) is 47.4 Å². The molecule has 3 aromatic carbocycles. The van der Waals surface area contributed by atoms with Crippen molar-refractivity contribution in [2.75, 3.05) is 17.2 Å². The predicted molar refractivity (Wildman–Crippen MR) is 120 cm³/mol. The largest absolute Gasteiger partial charge is 0.484 e. The molecule has 0 saturated carbocycles. The number of ether oxygens (including phenoxy) is 1. The second kappa shape index (κ2) is 10.3. The Balaban J connectivity index is 1.50. The first-order chi connectivity index (χ1) is 14.5. The SMILES string of the molecule is CC(C)c1ccc(OCC(=O)Nc2cccc(NC(=O)Cc3ccccc3)c2)cc1. The fourth-order valence-corrected chi connectivity index (χ4v) is 2.96. The molecule has 154 valence electrons. The molecule has 0 aliphatic rings. The molecule has 0 aliphatic heterocycles. The van der Waals surface area contributed by atoms with E-state index in [1.165, 1.54) is 5.56 Å². The van der Waals surface area contributed by atoms with Crippen molar-refractivity contribution < 1.29 is 14.3 Å². The zero-order valence-corrected chi connectivity index (χ0v) is 17.2. The minimum absolute atomic E-state index is 0.0916. The van der Waals surface area contributed by atoms with Crippen LogP contribution in [0.1, 0.15) is 30.9 Å². The standard InChI is InChI=1S/C25H26N2O3/c1-18(2)20-11-13-23(14-12-20)30-17-25(29)27-22-10-6-9-21(16-22)26-24(28)15-19-7-4-3-5-8-19/h3-14,16,18H,15,17H2,1-2H3,(H,26,28)(H,27,29). The van der Waals surface area contributed by atoms with E-state index in [1.54, 1.807) is 24.3 Å². The van der Waals surface area contributed by atoms with E-state index in [0.29, 0.717) is 29.5 Å². The minimum Gasteiger partial charge on any atom is -0.484 e. The van der Waals surface area contributed by atoms with E-state index in [0.717, 1.165) is 5.56 Å². The molecule has 0 fully saturated rings. The number of hydrogen-bond acceptors (Lipinski definition) is 3. The fourth-order valence-electron chi connectivity index (χ4n) is 2.96. The summed E-state index contributed by atoms with van der Waals surface area (Å²) in [5.74, 6) is 0.716. The van der Waals surface area contributed by atoms with Gasteiger partial charge in [0, 0.05) is 11.4 Å². The van der Waals surface area contributed by atoms with Gasteiger partial charge in [0.25, 0.3) is 5.91 Å². The summed E-state index contributed by atoms with van der Waals surface area (Å²) in [7, 11) is 0. The molecule has 5 nitrogen and oxygen atoms in total. The summed E-state index contributed by atoms with van der Waals surface area (Å²) >= 11 is 0. The fraction of sp³-hybridized carbons (Fsp3) is 0.200. The van der Waals surface area contributed by atoms with E-state index in [9.17, 15) is 9.59 Å². The van der Waals surface area contributed by atoms with Crippen LogP contribution in [0, 0.1) is 0 Å². The van der Waals surface area contributed by atoms with Gasteiger partial charge >= 0.3 is 0 Å². The lowest BCUT2D eigenvalue weighted by Gasteiger charge is -2.11. The Morgan fingerprint density at radius 1 is 0.800 bits per heavy atom. The number of carbonyl (C=O) groups excluding carboxylic acids is 2. The Morgan fingerprint density at radius 2 is 1.43 bits per heavy atom. The van der Waals surface area contributed by atoms with Crippen LogP contribution in [-0.4, -0.2) is 18.4 Å². The van der Waals surface area contributed by atoms with Crippen molar-refractivity contribution in [3.05, 3.63) is 90.0 Å². The second-order valence-corrected chi connectivity index (χ2v) is 7.35. The highest BCUT2D eigenvalue weighted by Crippen LogP contribution is 2.19. The quantitative estimate of drug-likeness (QED) is 0.557. The zero-order valence-electron chi connectivity index (χ0n) is 17.2. The van der Waals surface area contributed by atoms with E-state index in [-0.39, 0.29) is 18.4 Å². The molecule has 0 saturated heterocycles. The molecule has 0 spiro atoms. The third-order valence-corrected chi connectivity index (χ3v) is 4.55. The lowest BCUT2D eigenvalue weighted by atomic mass is 10.0. The van der Waals surface area contributed by atoms with Crippen LogP contribution in [0.3, 0.4) is 0 Å². The third-order valence-electron chi connectivity index (χ3n) is 4.55. The van der Waals surface area contributed by atoms with Crippen molar-refractivity contribution in [1.29, 1.82) is 0 Å². The Labute approximate surface area is 177 Å². The van der Waals surface area contributed by atoms with Crippen LogP contribution in [0.25, 0.3) is 0 Å². The van der Waals surface area contributed by atoms with Gasteiger partial charge in [0.15, 0.2) is 6.61 Å². The van der Waals surface area contributed by atoms with Crippen LogP contribution in [0.2, 0.25) is 0 Å². The molecule has 0 radical (unpaired) electrons. The van der Waals surface area contributed by atoms with Gasteiger partial charge in [0.2, 0.25) is 5.91 Å². The molecule has 0 aromatic heterocycles. The first-order valence-corrected chi connectivity index (χ1v) is 9.96. The highest BCUT2D eigenvalue weighted by Gasteiger charge is 2.07. The Hall–Kier alpha value is -3.60. The molecule has 0 aliphatic carbocycles. The van der Waals surface area contributed by atoms with Crippen molar-refractivity contribution in [2.24, 2.45) is 0 Å². The first-order valence-electron chi connectivity index (χ1n) is 9.96. The first kappa shape index (κ1) is 21.1. The van der Waals surface area contributed by atoms with Gasteiger partial charge in [-0.1, -0.05) is 62.4 Å². The number of hydrogen-bond donors (Lipinski definition) is 2. The molecule has 0 heterocycles. The van der Waals surface area contributed by atoms with Crippen molar-refractivity contribution in [2.45, 2.75) is 26.2 Å². The van der Waals surface area contributed by atoms with Gasteiger partial charge < -0.3 is 15.4 Å². The molecule has 30 heavy (non-hydrogen) atoms. The average molecular weight is 402 g/mol. The second-order valence-electron chi connectivity index (χ2n) is 7.35. The molecular weight excluding hydrogens is 376 g/mol. The van der Waals surface area contributed by atoms with E-state index >= 15 is 0 Å². The maximum atomic E-state index is 12.2. The summed E-state index contributed by atoms with van der Waals surface area (Å²) in [6.07, 6.45) is 0.293. The van der Waals surface area contributed by atoms with Crippen LogP contribution >= 0.6 is 0 Å². The Morgan fingerprint density at radius 3 is 2.07 bits per heavy atom. The van der Waals surface area contributed by atoms with Gasteiger partial charge in [-0.15, -0.1) is 0 Å². The van der Waals surface area contributed by atoms with E-state index in [2.05, 4.69) is 24.5 Å². The summed E-state index contributed by atoms with van der Waals surface area (Å²) in [6.45, 7) is 4.16. The van der Waals surface area contributed by atoms with Crippen molar-refractivity contribution in [3.63, 3.8) is 0 Å². The topological polar surface area (TPSA) is 67.4 Å². The monoisotopic (exact) mass is 402 g/mol. The smallest absolute Gasteiger partial charge is 0.262 e. The van der Waals surface area contributed by atoms with E-state index in [4.69, 9.17) is 4.74 Å². The highest BCUT2D eigenvalue weighted by molar-refractivity contribution is 5.95. The van der Waals surface area contributed by atoms with Gasteiger partial charge in [-0.2, -0.15) is 0 Å². The maximum Gasteiger partial charge on any atom is 0.262 e. The number of benzene rings is 3. The molecule has 0 unspecified atom stereocenters. The molecule has 3 aromatic rings. The van der Waals surface area contributed by atoms with Gasteiger partial charge in [-0.3, -0.25) is 9.59 Å². The predicted octanol–water partition coefficient (Wildman–Crippen LogP) is 5.01. The van der Waals surface area contributed by atoms with Gasteiger partial charge in [-0.25, -0.2) is 0 Å². The van der Waals surface area contributed by atoms with Crippen LogP contribution in [-0.2, 0) is 16.0 Å². The molecular formula is C25H26N2O3. The van der Waals surface area contributed by atoms with Crippen LogP contribution < -0.4 is 15.4 Å². The normalized spacial score (nSPS) is 10.5. The van der Waals surface area contributed by atoms with Crippen LogP contribution in [0.4, 0.5) is 11.4 Å². The molecule has 2 N–H and O–H groups in total. The molecule has 2 amide bonds. The molecule has 5 heteroatoms. The third kappa shape index (κ3) is 6.48. The van der Waals surface area contributed by atoms with Gasteiger partial charge in [0.1, 0.15) is 5.75 Å². The number of amides is 2. The van der Waals surface area contributed by atoms with E-state index in [1.807, 2.05) is 54.6 Å². The van der Waals surface area contributed by atoms with Crippen LogP contribution in [0.15, 0.2) is 78.9 Å². The molecule has 0 bridgehead atoms. The average Bonchev–Trinajstić information content (AvgIpc) is 2.73. The minimum atomic E-state index is -0.268. The number of anilines is 2. The molecule has 0 atom stereocenters. The van der Waals surface area contributed by atoms with Crippen molar-refractivity contribution in [3.8, 4) is 5.75 Å². The van der Waals surface area contributed by atoms with Crippen LogP contribution in [0.5, 0.6) is 5.75 Å².